The summed E-state index contributed by atoms with van der Waals surface area (Å²) in [6.07, 6.45) is 2.87. The van der Waals surface area contributed by atoms with Crippen LogP contribution in [-0.2, 0) is 29.5 Å². The minimum absolute atomic E-state index is 0.247. The van der Waals surface area contributed by atoms with E-state index in [4.69, 9.17) is 0 Å². The van der Waals surface area contributed by atoms with Gasteiger partial charge < -0.3 is 4.90 Å². The fraction of sp³-hybridized carbons (Fsp3) is 0.321. The number of fused-ring (bicyclic) bond motifs is 3. The van der Waals surface area contributed by atoms with E-state index in [2.05, 4.69) is 44.9 Å². The number of benzene rings is 2. The molecular formula is C28H31N5O2S2. The quantitative estimate of drug-likeness (QED) is 0.342. The predicted octanol–water partition coefficient (Wildman–Crippen LogP) is 4.04. The highest BCUT2D eigenvalue weighted by Gasteiger charge is 2.25. The van der Waals surface area contributed by atoms with Crippen LogP contribution >= 0.6 is 11.3 Å². The summed E-state index contributed by atoms with van der Waals surface area (Å²) in [5.74, 6) is 0. The van der Waals surface area contributed by atoms with Crippen LogP contribution < -0.4 is 4.72 Å². The number of sulfonamides is 1. The topological polar surface area (TPSA) is 70.5 Å². The zero-order valence-electron chi connectivity index (χ0n) is 21.1. The number of nitrogens with one attached hydrogen (secondary N) is 1. The van der Waals surface area contributed by atoms with Crippen LogP contribution in [0.4, 0.5) is 0 Å². The second-order valence-electron chi connectivity index (χ2n) is 10.1. The molecule has 6 rings (SSSR count). The van der Waals surface area contributed by atoms with Gasteiger partial charge in [-0.2, -0.15) is 5.10 Å². The van der Waals surface area contributed by atoms with Gasteiger partial charge in [0, 0.05) is 61.7 Å². The summed E-state index contributed by atoms with van der Waals surface area (Å²) in [5, 5.41) is 5.67. The number of rotatable bonds is 7. The van der Waals surface area contributed by atoms with Crippen molar-refractivity contribution < 1.29 is 8.42 Å². The van der Waals surface area contributed by atoms with E-state index in [1.807, 2.05) is 42.1 Å². The monoisotopic (exact) mass is 533 g/mol. The highest BCUT2D eigenvalue weighted by Crippen LogP contribution is 2.39. The van der Waals surface area contributed by atoms with Crippen molar-refractivity contribution >= 4 is 21.4 Å². The molecule has 1 aliphatic heterocycles. The van der Waals surface area contributed by atoms with Gasteiger partial charge in [-0.25, -0.2) is 17.8 Å². The number of hydrogen-bond acceptors (Lipinski definition) is 6. The molecule has 1 saturated heterocycles. The molecule has 2 aromatic heterocycles. The van der Waals surface area contributed by atoms with Crippen LogP contribution in [0.15, 0.2) is 65.7 Å². The van der Waals surface area contributed by atoms with Crippen molar-refractivity contribution in [1.82, 2.24) is 24.3 Å². The smallest absolute Gasteiger partial charge is 0.240 e. The van der Waals surface area contributed by atoms with E-state index in [-0.39, 0.29) is 11.4 Å². The molecule has 0 amide bonds. The van der Waals surface area contributed by atoms with Crippen molar-refractivity contribution in [3.8, 4) is 16.3 Å². The van der Waals surface area contributed by atoms with Crippen LogP contribution in [0, 0.1) is 6.92 Å². The van der Waals surface area contributed by atoms with Gasteiger partial charge in [-0.05, 0) is 49.4 Å². The maximum absolute atomic E-state index is 12.7. The molecule has 2 aliphatic rings. The van der Waals surface area contributed by atoms with Crippen LogP contribution in [0.3, 0.4) is 0 Å². The third-order valence-corrected chi connectivity index (χ3v) is 9.75. The number of piperazine rings is 1. The van der Waals surface area contributed by atoms with Crippen molar-refractivity contribution in [2.24, 2.45) is 0 Å². The number of likely N-dealkylation sites (N-methyl/N-ethyl adjacent to an activating group) is 1. The molecule has 37 heavy (non-hydrogen) atoms. The summed E-state index contributed by atoms with van der Waals surface area (Å²) in [6, 6.07) is 17.7. The van der Waals surface area contributed by atoms with Crippen molar-refractivity contribution in [2.45, 2.75) is 31.3 Å². The first-order valence-corrected chi connectivity index (χ1v) is 14.9. The Morgan fingerprint density at radius 3 is 2.54 bits per heavy atom. The Labute approximate surface area is 222 Å². The van der Waals surface area contributed by atoms with Crippen molar-refractivity contribution in [3.05, 3.63) is 87.9 Å². The zero-order chi connectivity index (χ0) is 25.6. The molecule has 0 saturated carbocycles. The van der Waals surface area contributed by atoms with Gasteiger partial charge in [0.2, 0.25) is 10.0 Å². The van der Waals surface area contributed by atoms with Crippen molar-refractivity contribution in [2.75, 3.05) is 33.2 Å². The van der Waals surface area contributed by atoms with E-state index < -0.39 is 10.0 Å². The van der Waals surface area contributed by atoms with E-state index in [1.165, 1.54) is 22.3 Å². The highest BCUT2D eigenvalue weighted by molar-refractivity contribution is 7.89. The standard InChI is InChI=1S/C28H31N5O2S2/c1-20-3-7-25(8-4-20)37(34,35)30-18-24-6-10-27(36-24)33-28-23(17-29-33)16-22-15-21(5-9-26(22)28)19-32-13-11-31(2)12-14-32/h3-10,15,17,30H,11-14,16,18-19H2,1-2H3. The Bertz CT molecular complexity index is 1530. The minimum atomic E-state index is -3.56. The highest BCUT2D eigenvalue weighted by atomic mass is 32.2. The predicted molar refractivity (Wildman–Crippen MR) is 148 cm³/mol. The Kier molecular flexibility index (Phi) is 6.50. The summed E-state index contributed by atoms with van der Waals surface area (Å²) in [6.45, 7) is 7.67. The zero-order valence-corrected chi connectivity index (χ0v) is 22.8. The average molecular weight is 534 g/mol. The minimum Gasteiger partial charge on any atom is -0.304 e. The lowest BCUT2D eigenvalue weighted by atomic mass is 10.0. The lowest BCUT2D eigenvalue weighted by Gasteiger charge is -2.32. The van der Waals surface area contributed by atoms with E-state index in [9.17, 15) is 8.42 Å². The van der Waals surface area contributed by atoms with Crippen LogP contribution in [0.1, 0.15) is 27.1 Å². The molecule has 0 atom stereocenters. The second kappa shape index (κ2) is 9.81. The molecule has 9 heteroatoms. The summed E-state index contributed by atoms with van der Waals surface area (Å²) >= 11 is 1.56. The van der Waals surface area contributed by atoms with E-state index in [0.29, 0.717) is 0 Å². The van der Waals surface area contributed by atoms with Crippen LogP contribution in [0.25, 0.3) is 16.3 Å². The molecule has 1 aliphatic carbocycles. The largest absolute Gasteiger partial charge is 0.304 e. The maximum Gasteiger partial charge on any atom is 0.240 e. The summed E-state index contributed by atoms with van der Waals surface area (Å²) in [5.41, 5.74) is 7.38. The molecule has 0 spiro atoms. The molecule has 192 valence electrons. The van der Waals surface area contributed by atoms with Gasteiger partial charge >= 0.3 is 0 Å². The van der Waals surface area contributed by atoms with Gasteiger partial charge in [-0.1, -0.05) is 35.9 Å². The molecule has 7 nitrogen and oxygen atoms in total. The van der Waals surface area contributed by atoms with Crippen LogP contribution in [0.5, 0.6) is 0 Å². The molecule has 3 heterocycles. The molecule has 0 bridgehead atoms. The second-order valence-corrected chi connectivity index (χ2v) is 13.0. The molecule has 0 unspecified atom stereocenters. The van der Waals surface area contributed by atoms with Gasteiger partial charge in [0.25, 0.3) is 0 Å². The normalized spacial score (nSPS) is 16.2. The summed E-state index contributed by atoms with van der Waals surface area (Å²) in [4.78, 5) is 6.14. The molecule has 1 fully saturated rings. The van der Waals surface area contributed by atoms with E-state index in [0.717, 1.165) is 60.3 Å². The Hall–Kier alpha value is -2.82. The molecule has 2 aromatic carbocycles. The van der Waals surface area contributed by atoms with Gasteiger partial charge in [-0.3, -0.25) is 4.90 Å². The molecule has 4 aromatic rings. The summed E-state index contributed by atoms with van der Waals surface area (Å²) < 4.78 is 30.1. The first-order valence-electron chi connectivity index (χ1n) is 12.6. The van der Waals surface area contributed by atoms with Crippen LogP contribution in [0.2, 0.25) is 0 Å². The lowest BCUT2D eigenvalue weighted by Crippen LogP contribution is -2.43. The third kappa shape index (κ3) is 5.02. The number of thiophene rings is 1. The van der Waals surface area contributed by atoms with Crippen LogP contribution in [-0.4, -0.2) is 61.2 Å². The fourth-order valence-corrected chi connectivity index (χ4v) is 7.11. The summed E-state index contributed by atoms with van der Waals surface area (Å²) in [7, 11) is -1.37. The molecule has 1 N–H and O–H groups in total. The van der Waals surface area contributed by atoms with Crippen molar-refractivity contribution in [1.29, 1.82) is 0 Å². The molecular weight excluding hydrogens is 502 g/mol. The van der Waals surface area contributed by atoms with E-state index >= 15 is 0 Å². The Morgan fingerprint density at radius 1 is 0.973 bits per heavy atom. The number of aryl methyl sites for hydroxylation is 1. The Morgan fingerprint density at radius 2 is 1.76 bits per heavy atom. The van der Waals surface area contributed by atoms with Gasteiger partial charge in [0.1, 0.15) is 5.00 Å². The number of hydrogen-bond donors (Lipinski definition) is 1. The van der Waals surface area contributed by atoms with Gasteiger partial charge in [0.05, 0.1) is 16.8 Å². The van der Waals surface area contributed by atoms with Gasteiger partial charge in [0.15, 0.2) is 0 Å². The van der Waals surface area contributed by atoms with Crippen molar-refractivity contribution in [3.63, 3.8) is 0 Å². The maximum atomic E-state index is 12.7. The first kappa shape index (κ1) is 24.5. The third-order valence-electron chi connectivity index (χ3n) is 7.28. The molecule has 0 radical (unpaired) electrons. The fourth-order valence-electron chi connectivity index (χ4n) is 5.10. The SMILES string of the molecule is Cc1ccc(S(=O)(=O)NCc2ccc(-n3ncc4c3-c3ccc(CN5CCN(C)CC5)cc3C4)s2)cc1. The average Bonchev–Trinajstić information content (AvgIpc) is 3.60. The first-order chi connectivity index (χ1) is 17.9. The van der Waals surface area contributed by atoms with E-state index in [1.54, 1.807) is 23.5 Å². The number of aromatic nitrogens is 2. The Balaban J connectivity index is 1.17. The lowest BCUT2D eigenvalue weighted by molar-refractivity contribution is 0.148. The number of nitrogens with zero attached hydrogens (tertiary/aromatic N) is 4. The van der Waals surface area contributed by atoms with Gasteiger partial charge in [-0.15, -0.1) is 11.3 Å².